The summed E-state index contributed by atoms with van der Waals surface area (Å²) in [5, 5.41) is 0.807. The average Bonchev–Trinajstić information content (AvgIpc) is 2.58. The van der Waals surface area contributed by atoms with Crippen LogP contribution in [0.4, 0.5) is 26.3 Å². The van der Waals surface area contributed by atoms with E-state index in [1.165, 1.54) is 6.07 Å². The first-order chi connectivity index (χ1) is 12.7. The molecule has 0 saturated heterocycles. The second kappa shape index (κ2) is 7.10. The fraction of sp³-hybridized carbons (Fsp3) is 0.143. The number of hydrogen-bond acceptors (Lipinski definition) is 0. The number of aryl methyl sites for hydroxylation is 1. The molecule has 140 valence electrons. The first-order valence-electron chi connectivity index (χ1n) is 8.11. The maximum atomic E-state index is 14.9. The SMILES string of the molecule is C=CCCc1ccc2c(F)c(-c3cc(F)c(C(F)(F)F)c(F)c3)ccc2c1. The highest BCUT2D eigenvalue weighted by molar-refractivity contribution is 5.88. The molecule has 0 bridgehead atoms. The molecule has 3 aromatic carbocycles. The molecule has 0 unspecified atom stereocenters. The molecule has 0 aliphatic heterocycles. The van der Waals surface area contributed by atoms with E-state index in [0.717, 1.165) is 18.4 Å². The van der Waals surface area contributed by atoms with Crippen LogP contribution in [-0.2, 0) is 12.6 Å². The van der Waals surface area contributed by atoms with Gasteiger partial charge in [0.2, 0.25) is 0 Å². The lowest BCUT2D eigenvalue weighted by Crippen LogP contribution is -2.11. The summed E-state index contributed by atoms with van der Waals surface area (Å²) >= 11 is 0. The van der Waals surface area contributed by atoms with E-state index in [2.05, 4.69) is 6.58 Å². The zero-order valence-electron chi connectivity index (χ0n) is 14.0. The summed E-state index contributed by atoms with van der Waals surface area (Å²) in [5.74, 6) is -4.31. The predicted molar refractivity (Wildman–Crippen MR) is 92.8 cm³/mol. The van der Waals surface area contributed by atoms with Gasteiger partial charge in [0, 0.05) is 10.9 Å². The van der Waals surface area contributed by atoms with Crippen molar-refractivity contribution < 1.29 is 26.3 Å². The van der Waals surface area contributed by atoms with Crippen molar-refractivity contribution in [1.29, 1.82) is 0 Å². The van der Waals surface area contributed by atoms with Crippen LogP contribution in [0.15, 0.2) is 55.1 Å². The Kier molecular flexibility index (Phi) is 5.00. The van der Waals surface area contributed by atoms with E-state index in [-0.39, 0.29) is 16.5 Å². The number of rotatable bonds is 4. The smallest absolute Gasteiger partial charge is 0.206 e. The maximum Gasteiger partial charge on any atom is 0.422 e. The van der Waals surface area contributed by atoms with Crippen LogP contribution in [0.5, 0.6) is 0 Å². The molecule has 0 fully saturated rings. The van der Waals surface area contributed by atoms with Crippen LogP contribution >= 0.6 is 0 Å². The van der Waals surface area contributed by atoms with Crippen molar-refractivity contribution in [2.24, 2.45) is 0 Å². The zero-order valence-corrected chi connectivity index (χ0v) is 14.0. The van der Waals surface area contributed by atoms with Gasteiger partial charge in [0.1, 0.15) is 23.0 Å². The second-order valence-electron chi connectivity index (χ2n) is 6.12. The van der Waals surface area contributed by atoms with Crippen LogP contribution in [0.3, 0.4) is 0 Å². The van der Waals surface area contributed by atoms with Crippen molar-refractivity contribution in [1.82, 2.24) is 0 Å². The van der Waals surface area contributed by atoms with Crippen molar-refractivity contribution in [3.63, 3.8) is 0 Å². The van der Waals surface area contributed by atoms with Crippen LogP contribution in [0, 0.1) is 17.5 Å². The monoisotopic (exact) mass is 380 g/mol. The zero-order chi connectivity index (χ0) is 19.8. The third-order valence-corrected chi connectivity index (χ3v) is 4.29. The highest BCUT2D eigenvalue weighted by atomic mass is 19.4. The third kappa shape index (κ3) is 3.70. The van der Waals surface area contributed by atoms with Gasteiger partial charge in [0.25, 0.3) is 0 Å². The summed E-state index contributed by atoms with van der Waals surface area (Å²) in [4.78, 5) is 0. The van der Waals surface area contributed by atoms with Gasteiger partial charge in [-0.25, -0.2) is 13.2 Å². The molecule has 0 amide bonds. The summed E-state index contributed by atoms with van der Waals surface area (Å²) in [6, 6.07) is 8.92. The Bertz CT molecular complexity index is 994. The Hall–Kier alpha value is -2.76. The Balaban J connectivity index is 2.10. The number of hydrogen-bond donors (Lipinski definition) is 0. The van der Waals surface area contributed by atoms with Gasteiger partial charge in [-0.15, -0.1) is 6.58 Å². The number of halogens is 6. The predicted octanol–water partition coefficient (Wildman–Crippen LogP) is 7.06. The normalized spacial score (nSPS) is 11.8. The van der Waals surface area contributed by atoms with E-state index < -0.39 is 29.2 Å². The van der Waals surface area contributed by atoms with E-state index in [1.54, 1.807) is 30.3 Å². The fourth-order valence-electron chi connectivity index (χ4n) is 2.99. The Morgan fingerprint density at radius 2 is 1.56 bits per heavy atom. The summed E-state index contributed by atoms with van der Waals surface area (Å²) < 4.78 is 80.6. The van der Waals surface area contributed by atoms with Crippen molar-refractivity contribution in [3.8, 4) is 11.1 Å². The molecule has 0 nitrogen and oxygen atoms in total. The standard InChI is InChI=1S/C21H14F6/c1-2-3-4-12-5-7-15-13(9-12)6-8-16(20(15)24)14-10-17(22)19(18(23)11-14)21(25,26)27/h2,5-11H,1,3-4H2. The molecule has 27 heavy (non-hydrogen) atoms. The topological polar surface area (TPSA) is 0 Å². The fourth-order valence-corrected chi connectivity index (χ4v) is 2.99. The molecule has 0 aliphatic carbocycles. The molecule has 0 saturated carbocycles. The van der Waals surface area contributed by atoms with Crippen LogP contribution in [0.1, 0.15) is 17.5 Å². The largest absolute Gasteiger partial charge is 0.422 e. The number of fused-ring (bicyclic) bond motifs is 1. The van der Waals surface area contributed by atoms with Crippen molar-refractivity contribution in [3.05, 3.63) is 83.7 Å². The molecule has 3 aromatic rings. The third-order valence-electron chi connectivity index (χ3n) is 4.29. The summed E-state index contributed by atoms with van der Waals surface area (Å²) in [6.45, 7) is 3.64. The quantitative estimate of drug-likeness (QED) is 0.336. The molecule has 0 spiro atoms. The molecule has 0 aromatic heterocycles. The van der Waals surface area contributed by atoms with Gasteiger partial charge >= 0.3 is 6.18 Å². The van der Waals surface area contributed by atoms with Crippen LogP contribution in [-0.4, -0.2) is 0 Å². The highest BCUT2D eigenvalue weighted by Crippen LogP contribution is 2.37. The van der Waals surface area contributed by atoms with Crippen LogP contribution in [0.2, 0.25) is 0 Å². The minimum atomic E-state index is -5.17. The van der Waals surface area contributed by atoms with Gasteiger partial charge in [-0.3, -0.25) is 0 Å². The van der Waals surface area contributed by atoms with E-state index >= 15 is 0 Å². The van der Waals surface area contributed by atoms with Crippen molar-refractivity contribution in [2.75, 3.05) is 0 Å². The lowest BCUT2D eigenvalue weighted by Gasteiger charge is -2.13. The second-order valence-corrected chi connectivity index (χ2v) is 6.12. The summed E-state index contributed by atoms with van der Waals surface area (Å²) in [5.41, 5.74) is -1.48. The molecule has 0 heterocycles. The van der Waals surface area contributed by atoms with Gasteiger partial charge in [-0.05, 0) is 41.5 Å². The number of allylic oxidation sites excluding steroid dienone is 1. The Labute approximate surface area is 151 Å². The molecule has 0 atom stereocenters. The van der Waals surface area contributed by atoms with E-state index in [9.17, 15) is 26.3 Å². The molecule has 0 N–H and O–H groups in total. The minimum Gasteiger partial charge on any atom is -0.206 e. The van der Waals surface area contributed by atoms with E-state index in [0.29, 0.717) is 17.5 Å². The van der Waals surface area contributed by atoms with Crippen molar-refractivity contribution in [2.45, 2.75) is 19.0 Å². The number of benzene rings is 3. The maximum absolute atomic E-state index is 14.9. The summed E-state index contributed by atoms with van der Waals surface area (Å²) in [6.07, 6.45) is -1.91. The van der Waals surface area contributed by atoms with Gasteiger partial charge in [-0.2, -0.15) is 13.2 Å². The Morgan fingerprint density at radius 3 is 2.15 bits per heavy atom. The molecule has 0 radical (unpaired) electrons. The molecular weight excluding hydrogens is 366 g/mol. The molecule has 6 heteroatoms. The molecule has 0 aliphatic rings. The van der Waals surface area contributed by atoms with Crippen LogP contribution in [0.25, 0.3) is 21.9 Å². The minimum absolute atomic E-state index is 0.173. The number of alkyl halides is 3. The summed E-state index contributed by atoms with van der Waals surface area (Å²) in [7, 11) is 0. The van der Waals surface area contributed by atoms with Crippen LogP contribution < -0.4 is 0 Å². The first-order valence-corrected chi connectivity index (χ1v) is 8.11. The van der Waals surface area contributed by atoms with Gasteiger partial charge in [0.05, 0.1) is 0 Å². The highest BCUT2D eigenvalue weighted by Gasteiger charge is 2.38. The van der Waals surface area contributed by atoms with Gasteiger partial charge in [-0.1, -0.05) is 36.4 Å². The lowest BCUT2D eigenvalue weighted by atomic mass is 9.97. The van der Waals surface area contributed by atoms with E-state index in [4.69, 9.17) is 0 Å². The van der Waals surface area contributed by atoms with E-state index in [1.807, 2.05) is 0 Å². The van der Waals surface area contributed by atoms with Gasteiger partial charge < -0.3 is 0 Å². The molecular formula is C21H14F6. The Morgan fingerprint density at radius 1 is 0.889 bits per heavy atom. The average molecular weight is 380 g/mol. The first kappa shape index (κ1) is 19.0. The molecule has 3 rings (SSSR count). The van der Waals surface area contributed by atoms with Crippen molar-refractivity contribution >= 4 is 10.8 Å². The van der Waals surface area contributed by atoms with Gasteiger partial charge in [0.15, 0.2) is 0 Å². The lowest BCUT2D eigenvalue weighted by molar-refractivity contribution is -0.142.